The Balaban J connectivity index is 0.805. The number of rotatable bonds is 10. The SMILES string of the molecule is C1=CCCC(c2cc(-c3ccccc3)cc(-c3cccc(-c4nc(-n5c6ccccc6c6cc(-c7ccc8c9ccccc9n(-c9ccccc9)c8c7)ccc65)nc(-n5c6ccccc6c6cc(-c7ccc8c9ccccc9n(-c9ccccc9)c8c7)ccc65)n4)c3)c2)=C1. The largest absolute Gasteiger partial charge is 0.309 e. The molecule has 0 saturated carbocycles. The van der Waals surface area contributed by atoms with Gasteiger partial charge in [-0.1, -0.05) is 212 Å². The van der Waals surface area contributed by atoms with E-state index >= 15 is 0 Å². The summed E-state index contributed by atoms with van der Waals surface area (Å²) in [5.74, 6) is 1.61. The van der Waals surface area contributed by atoms with Crippen molar-refractivity contribution in [2.75, 3.05) is 0 Å². The van der Waals surface area contributed by atoms with Crippen molar-refractivity contribution in [1.82, 2.24) is 33.2 Å². The van der Waals surface area contributed by atoms with Crippen LogP contribution in [0.4, 0.5) is 0 Å². The molecule has 7 nitrogen and oxygen atoms in total. The van der Waals surface area contributed by atoms with Gasteiger partial charge in [-0.2, -0.15) is 15.0 Å². The first-order chi connectivity index (χ1) is 46.6. The van der Waals surface area contributed by atoms with Crippen molar-refractivity contribution < 1.29 is 0 Å². The number of allylic oxidation sites excluding steroid dienone is 4. The van der Waals surface area contributed by atoms with Crippen LogP contribution >= 0.6 is 0 Å². The molecule has 0 amide bonds. The van der Waals surface area contributed by atoms with Crippen molar-refractivity contribution >= 4 is 92.8 Å². The van der Waals surface area contributed by atoms with Gasteiger partial charge in [0.25, 0.3) is 0 Å². The molecule has 1 aliphatic carbocycles. The van der Waals surface area contributed by atoms with E-state index in [9.17, 15) is 0 Å². The summed E-state index contributed by atoms with van der Waals surface area (Å²) in [5.41, 5.74) is 23.4. The lowest BCUT2D eigenvalue weighted by atomic mass is 9.90. The van der Waals surface area contributed by atoms with E-state index in [0.717, 1.165) is 118 Å². The average Bonchev–Trinajstić information content (AvgIpc) is 1.59. The Bertz CT molecular complexity index is 5860. The maximum Gasteiger partial charge on any atom is 0.240 e. The van der Waals surface area contributed by atoms with Crippen LogP contribution in [0.25, 0.3) is 172 Å². The molecule has 1 aliphatic rings. The standard InChI is InChI=1S/C87H57N7/c1-5-22-56(23-6-1)64-49-65(57-24-7-2-8-25-57)51-66(50-64)58-26-21-27-63(48-58)85-88-86(93-79-38-19-15-34-71(79)75-52-59(42-46-81(75)93)61-40-44-73-69-32-13-17-36-77(69)91(83(73)54-61)67-28-9-3-10-29-67)90-87(89-85)94-80-39-20-16-35-72(80)76-53-60(43-47-82(76)94)62-41-45-74-70-33-14-18-37-78(70)92(84(74)55-62)68-30-11-4-12-31-68/h1-7,9-24,26-55H,8,25H2. The maximum absolute atomic E-state index is 5.67. The van der Waals surface area contributed by atoms with Crippen molar-refractivity contribution in [3.8, 4) is 79.2 Å². The highest BCUT2D eigenvalue weighted by atomic mass is 15.3. The van der Waals surface area contributed by atoms with Gasteiger partial charge in [0, 0.05) is 60.0 Å². The molecular weight excluding hydrogens is 1140 g/mol. The van der Waals surface area contributed by atoms with Crippen LogP contribution in [0.2, 0.25) is 0 Å². The van der Waals surface area contributed by atoms with E-state index in [1.165, 1.54) is 54.8 Å². The van der Waals surface area contributed by atoms with E-state index in [2.05, 4.69) is 340 Å². The molecule has 19 rings (SSSR count). The Hall–Kier alpha value is -12.5. The molecular formula is C87H57N7. The first-order valence-electron chi connectivity index (χ1n) is 32.3. The minimum absolute atomic E-state index is 0.522. The van der Waals surface area contributed by atoms with Gasteiger partial charge in [-0.15, -0.1) is 0 Å². The minimum atomic E-state index is 0.522. The Labute approximate surface area is 542 Å². The second-order valence-electron chi connectivity index (χ2n) is 24.7. The maximum atomic E-state index is 5.67. The third-order valence-corrected chi connectivity index (χ3v) is 19.3. The number of nitrogens with zero attached hydrogens (tertiary/aromatic N) is 7. The fourth-order valence-corrected chi connectivity index (χ4v) is 14.9. The number of hydrogen-bond donors (Lipinski definition) is 0. The highest BCUT2D eigenvalue weighted by Crippen LogP contribution is 2.43. The highest BCUT2D eigenvalue weighted by molar-refractivity contribution is 6.14. The van der Waals surface area contributed by atoms with Gasteiger partial charge in [0.2, 0.25) is 11.9 Å². The molecule has 0 bridgehead atoms. The lowest BCUT2D eigenvalue weighted by molar-refractivity contribution is 0.893. The average molecular weight is 1200 g/mol. The van der Waals surface area contributed by atoms with Gasteiger partial charge >= 0.3 is 0 Å². The van der Waals surface area contributed by atoms with Crippen LogP contribution in [0.3, 0.4) is 0 Å². The van der Waals surface area contributed by atoms with Gasteiger partial charge in [-0.25, -0.2) is 0 Å². The van der Waals surface area contributed by atoms with Gasteiger partial charge in [0.15, 0.2) is 5.82 Å². The first-order valence-corrected chi connectivity index (χ1v) is 32.3. The van der Waals surface area contributed by atoms with Crippen molar-refractivity contribution in [3.05, 3.63) is 327 Å². The van der Waals surface area contributed by atoms with E-state index in [-0.39, 0.29) is 0 Å². The minimum Gasteiger partial charge on any atom is -0.309 e. The molecule has 5 heterocycles. The third kappa shape index (κ3) is 8.70. The molecule has 18 aromatic rings. The van der Waals surface area contributed by atoms with Crippen molar-refractivity contribution in [1.29, 1.82) is 0 Å². The molecule has 13 aromatic carbocycles. The smallest absolute Gasteiger partial charge is 0.240 e. The normalized spacial score (nSPS) is 12.6. The predicted molar refractivity (Wildman–Crippen MR) is 391 cm³/mol. The Morgan fingerprint density at radius 3 is 1.12 bits per heavy atom. The molecule has 0 aliphatic heterocycles. The Morgan fingerprint density at radius 1 is 0.234 bits per heavy atom. The van der Waals surface area contributed by atoms with Crippen LogP contribution in [-0.2, 0) is 0 Å². The van der Waals surface area contributed by atoms with E-state index in [4.69, 9.17) is 15.0 Å². The summed E-state index contributed by atoms with van der Waals surface area (Å²) < 4.78 is 9.25. The Kier molecular flexibility index (Phi) is 12.3. The molecule has 5 aromatic heterocycles. The molecule has 0 unspecified atom stereocenters. The van der Waals surface area contributed by atoms with E-state index in [1.807, 2.05) is 0 Å². The van der Waals surface area contributed by atoms with Crippen LogP contribution in [0, 0.1) is 0 Å². The van der Waals surface area contributed by atoms with E-state index < -0.39 is 0 Å². The second-order valence-corrected chi connectivity index (χ2v) is 24.7. The third-order valence-electron chi connectivity index (χ3n) is 19.3. The van der Waals surface area contributed by atoms with Crippen LogP contribution < -0.4 is 0 Å². The summed E-state index contributed by atoms with van der Waals surface area (Å²) >= 11 is 0. The molecule has 0 atom stereocenters. The van der Waals surface area contributed by atoms with Crippen molar-refractivity contribution in [2.45, 2.75) is 12.8 Å². The summed E-state index contributed by atoms with van der Waals surface area (Å²) in [6, 6.07) is 110. The zero-order valence-electron chi connectivity index (χ0n) is 51.1. The van der Waals surface area contributed by atoms with Gasteiger partial charge in [-0.3, -0.25) is 9.13 Å². The number of hydrogen-bond acceptors (Lipinski definition) is 3. The molecule has 0 fully saturated rings. The number of aromatic nitrogens is 7. The van der Waals surface area contributed by atoms with E-state index in [1.54, 1.807) is 0 Å². The molecule has 0 radical (unpaired) electrons. The summed E-state index contributed by atoms with van der Waals surface area (Å²) in [6.07, 6.45) is 8.72. The lowest BCUT2D eigenvalue weighted by Gasteiger charge is -2.15. The summed E-state index contributed by atoms with van der Waals surface area (Å²) in [6.45, 7) is 0. The highest BCUT2D eigenvalue weighted by Gasteiger charge is 2.24. The van der Waals surface area contributed by atoms with Gasteiger partial charge in [-0.05, 0) is 178 Å². The zero-order valence-corrected chi connectivity index (χ0v) is 51.1. The number of fused-ring (bicyclic) bond motifs is 12. The fraction of sp³-hybridized carbons (Fsp3) is 0.0230. The topological polar surface area (TPSA) is 58.4 Å². The van der Waals surface area contributed by atoms with Gasteiger partial charge < -0.3 is 9.13 Å². The lowest BCUT2D eigenvalue weighted by Crippen LogP contribution is -2.10. The van der Waals surface area contributed by atoms with Crippen LogP contribution in [-0.4, -0.2) is 33.2 Å². The molecule has 7 heteroatoms. The van der Waals surface area contributed by atoms with Crippen LogP contribution in [0.15, 0.2) is 322 Å². The molecule has 94 heavy (non-hydrogen) atoms. The number of para-hydroxylation sites is 6. The molecule has 0 spiro atoms. The number of benzene rings is 13. The quantitative estimate of drug-likeness (QED) is 0.137. The molecule has 0 saturated heterocycles. The monoisotopic (exact) mass is 1200 g/mol. The predicted octanol–water partition coefficient (Wildman–Crippen LogP) is 22.3. The van der Waals surface area contributed by atoms with Gasteiger partial charge in [0.05, 0.1) is 44.1 Å². The molecule has 440 valence electrons. The molecule has 0 N–H and O–H groups in total. The zero-order chi connectivity index (χ0) is 61.8. The summed E-state index contributed by atoms with van der Waals surface area (Å²) in [7, 11) is 0. The van der Waals surface area contributed by atoms with Crippen LogP contribution in [0.5, 0.6) is 0 Å². The van der Waals surface area contributed by atoms with Crippen molar-refractivity contribution in [3.63, 3.8) is 0 Å². The fourth-order valence-electron chi connectivity index (χ4n) is 14.9. The second kappa shape index (κ2) is 21.6. The Morgan fingerprint density at radius 2 is 0.606 bits per heavy atom. The summed E-state index contributed by atoms with van der Waals surface area (Å²) in [4.78, 5) is 16.9. The van der Waals surface area contributed by atoms with Crippen LogP contribution in [0.1, 0.15) is 18.4 Å². The summed E-state index contributed by atoms with van der Waals surface area (Å²) in [5, 5.41) is 9.32. The van der Waals surface area contributed by atoms with E-state index in [0.29, 0.717) is 17.7 Å². The van der Waals surface area contributed by atoms with Gasteiger partial charge in [0.1, 0.15) is 0 Å². The van der Waals surface area contributed by atoms with Crippen molar-refractivity contribution in [2.24, 2.45) is 0 Å². The first kappa shape index (κ1) is 53.4.